The highest BCUT2D eigenvalue weighted by atomic mass is 16.5. The number of carbonyl (C=O) groups is 1. The molecule has 1 N–H and O–H groups in total. The molecule has 0 aliphatic carbocycles. The van der Waals surface area contributed by atoms with Crippen molar-refractivity contribution in [2.75, 3.05) is 27.4 Å². The molecule has 196 valence electrons. The number of rotatable bonds is 8. The fourth-order valence-electron chi connectivity index (χ4n) is 5.51. The number of benzene rings is 2. The van der Waals surface area contributed by atoms with Crippen LogP contribution in [0.25, 0.3) is 10.9 Å². The van der Waals surface area contributed by atoms with Gasteiger partial charge in [-0.1, -0.05) is 35.9 Å². The Morgan fingerprint density at radius 1 is 1.08 bits per heavy atom. The molecule has 5 rings (SSSR count). The molecule has 1 aromatic heterocycles. The summed E-state index contributed by atoms with van der Waals surface area (Å²) in [6, 6.07) is 14.6. The van der Waals surface area contributed by atoms with Gasteiger partial charge in [0.25, 0.3) is 5.91 Å². The number of fused-ring (bicyclic) bond motifs is 3. The van der Waals surface area contributed by atoms with Crippen LogP contribution in [-0.4, -0.2) is 66.1 Å². The number of hydrogen-bond donors (Lipinski definition) is 1. The van der Waals surface area contributed by atoms with Gasteiger partial charge in [0.05, 0.1) is 39.5 Å². The number of methoxy groups -OCH3 is 2. The third kappa shape index (κ3) is 5.36. The number of nitrogens with one attached hydrogen (secondary N) is 1. The summed E-state index contributed by atoms with van der Waals surface area (Å²) in [4.78, 5) is 15.9. The van der Waals surface area contributed by atoms with Crippen molar-refractivity contribution in [3.8, 4) is 11.5 Å². The smallest absolute Gasteiger partial charge is 0.272 e. The zero-order valence-electron chi connectivity index (χ0n) is 22.1. The maximum atomic E-state index is 13.4. The van der Waals surface area contributed by atoms with Gasteiger partial charge in [-0.25, -0.2) is 0 Å². The zero-order valence-corrected chi connectivity index (χ0v) is 22.1. The highest BCUT2D eigenvalue weighted by molar-refractivity contribution is 6.05. The van der Waals surface area contributed by atoms with Gasteiger partial charge in [0.1, 0.15) is 0 Å². The summed E-state index contributed by atoms with van der Waals surface area (Å²) in [5.74, 6) is 1.36. The largest absolute Gasteiger partial charge is 0.493 e. The van der Waals surface area contributed by atoms with Crippen LogP contribution in [0.4, 0.5) is 0 Å². The van der Waals surface area contributed by atoms with E-state index in [4.69, 9.17) is 19.3 Å². The van der Waals surface area contributed by atoms with Crippen molar-refractivity contribution in [3.63, 3.8) is 0 Å². The van der Waals surface area contributed by atoms with E-state index in [2.05, 4.69) is 36.2 Å². The van der Waals surface area contributed by atoms with Crippen LogP contribution >= 0.6 is 0 Å². The Hall–Kier alpha value is -3.36. The molecular formula is C29H36N4O4. The Morgan fingerprint density at radius 3 is 2.51 bits per heavy atom. The number of nitrogens with zero attached hydrogens (tertiary/aromatic N) is 3. The molecule has 2 aliphatic rings. The maximum absolute atomic E-state index is 13.4. The summed E-state index contributed by atoms with van der Waals surface area (Å²) < 4.78 is 18.7. The molecule has 8 nitrogen and oxygen atoms in total. The molecule has 2 saturated heterocycles. The summed E-state index contributed by atoms with van der Waals surface area (Å²) in [5.41, 5.74) is 3.86. The highest BCUT2D eigenvalue weighted by Gasteiger charge is 2.39. The maximum Gasteiger partial charge on any atom is 0.272 e. The van der Waals surface area contributed by atoms with E-state index in [1.165, 1.54) is 11.1 Å². The first kappa shape index (κ1) is 25.3. The molecular weight excluding hydrogens is 468 g/mol. The van der Waals surface area contributed by atoms with Crippen molar-refractivity contribution in [1.29, 1.82) is 0 Å². The number of ether oxygens (including phenoxy) is 3. The Bertz CT molecular complexity index is 1280. The number of piperidine rings is 1. The first-order chi connectivity index (χ1) is 18.0. The van der Waals surface area contributed by atoms with Gasteiger partial charge in [0.15, 0.2) is 17.2 Å². The van der Waals surface area contributed by atoms with Gasteiger partial charge in [-0.15, -0.1) is 0 Å². The molecule has 37 heavy (non-hydrogen) atoms. The molecule has 2 aromatic carbocycles. The van der Waals surface area contributed by atoms with Gasteiger partial charge in [-0.2, -0.15) is 5.10 Å². The number of morpholine rings is 1. The lowest BCUT2D eigenvalue weighted by Crippen LogP contribution is -2.60. The van der Waals surface area contributed by atoms with E-state index in [9.17, 15) is 4.79 Å². The molecule has 1 amide bonds. The number of hydrogen-bond acceptors (Lipinski definition) is 6. The molecule has 2 aliphatic heterocycles. The normalized spacial score (nSPS) is 21.5. The van der Waals surface area contributed by atoms with Crippen LogP contribution in [0.2, 0.25) is 0 Å². The summed E-state index contributed by atoms with van der Waals surface area (Å²) >= 11 is 0. The Kier molecular flexibility index (Phi) is 7.48. The standard InChI is InChI=1S/C29H36N4O4/c1-19(2)11-12-33-25-8-6-5-7-24(25)28(31-33)29(34)30-21-14-22-17-37-18-23(15-21)32(22)16-20-9-10-26(35-3)27(13-20)36-4/h5-11,13,21-23H,12,14-18H2,1-4H3,(H,30,34)/t21-,22-,23+. The summed E-state index contributed by atoms with van der Waals surface area (Å²) in [6.45, 7) is 6.91. The van der Waals surface area contributed by atoms with E-state index >= 15 is 0 Å². The van der Waals surface area contributed by atoms with E-state index in [1.807, 2.05) is 41.1 Å². The molecule has 0 radical (unpaired) electrons. The fraction of sp³-hybridized carbons (Fsp3) is 0.448. The molecule has 0 spiro atoms. The average Bonchev–Trinajstić information content (AvgIpc) is 3.26. The fourth-order valence-corrected chi connectivity index (χ4v) is 5.51. The van der Waals surface area contributed by atoms with Crippen LogP contribution < -0.4 is 14.8 Å². The van der Waals surface area contributed by atoms with E-state index in [0.29, 0.717) is 25.5 Å². The van der Waals surface area contributed by atoms with Crippen LogP contribution in [0, 0.1) is 0 Å². The SMILES string of the molecule is COc1ccc(CN2[C@@H]3COC[C@H]2C[C@@H](NC(=O)c2nn(CC=C(C)C)c4ccccc24)C3)cc1OC. The number of allylic oxidation sites excluding steroid dienone is 2. The number of amides is 1. The lowest BCUT2D eigenvalue weighted by Gasteiger charge is -2.48. The van der Waals surface area contributed by atoms with Gasteiger partial charge in [0, 0.05) is 30.1 Å². The van der Waals surface area contributed by atoms with Crippen molar-refractivity contribution in [3.05, 3.63) is 65.4 Å². The average molecular weight is 505 g/mol. The van der Waals surface area contributed by atoms with Crippen LogP contribution in [0.1, 0.15) is 42.7 Å². The monoisotopic (exact) mass is 504 g/mol. The highest BCUT2D eigenvalue weighted by Crippen LogP contribution is 2.33. The minimum absolute atomic E-state index is 0.0785. The summed E-state index contributed by atoms with van der Waals surface area (Å²) in [6.07, 6.45) is 3.80. The topological polar surface area (TPSA) is 77.9 Å². The van der Waals surface area contributed by atoms with Crippen molar-refractivity contribution >= 4 is 16.8 Å². The minimum atomic E-state index is -0.107. The van der Waals surface area contributed by atoms with Crippen LogP contribution in [0.3, 0.4) is 0 Å². The van der Waals surface area contributed by atoms with Crippen molar-refractivity contribution in [1.82, 2.24) is 20.0 Å². The second kappa shape index (κ2) is 10.9. The van der Waals surface area contributed by atoms with E-state index < -0.39 is 0 Å². The first-order valence-electron chi connectivity index (χ1n) is 12.9. The molecule has 0 unspecified atom stereocenters. The lowest BCUT2D eigenvalue weighted by molar-refractivity contribution is -0.0843. The number of para-hydroxylation sites is 1. The van der Waals surface area contributed by atoms with Crippen LogP contribution in [-0.2, 0) is 17.8 Å². The second-order valence-corrected chi connectivity index (χ2v) is 10.2. The van der Waals surface area contributed by atoms with Crippen LogP contribution in [0.5, 0.6) is 11.5 Å². The number of carbonyl (C=O) groups excluding carboxylic acids is 1. The lowest BCUT2D eigenvalue weighted by atomic mass is 9.89. The van der Waals surface area contributed by atoms with Crippen molar-refractivity contribution < 1.29 is 19.0 Å². The Balaban J connectivity index is 1.30. The molecule has 2 bridgehead atoms. The van der Waals surface area contributed by atoms with Gasteiger partial charge in [-0.3, -0.25) is 14.4 Å². The predicted octanol–water partition coefficient (Wildman–Crippen LogP) is 4.18. The quantitative estimate of drug-likeness (QED) is 0.464. The predicted molar refractivity (Wildman–Crippen MR) is 143 cm³/mol. The zero-order chi connectivity index (χ0) is 25.9. The van der Waals surface area contributed by atoms with Crippen molar-refractivity contribution in [2.45, 2.75) is 57.9 Å². The van der Waals surface area contributed by atoms with Gasteiger partial charge < -0.3 is 19.5 Å². The summed E-state index contributed by atoms with van der Waals surface area (Å²) in [7, 11) is 3.31. The molecule has 3 heterocycles. The Morgan fingerprint density at radius 2 is 1.81 bits per heavy atom. The first-order valence-corrected chi connectivity index (χ1v) is 12.9. The second-order valence-electron chi connectivity index (χ2n) is 10.2. The molecule has 3 atom stereocenters. The number of aromatic nitrogens is 2. The Labute approximate surface area is 218 Å². The van der Waals surface area contributed by atoms with Gasteiger partial charge in [-0.05, 0) is 50.5 Å². The van der Waals surface area contributed by atoms with E-state index in [1.54, 1.807) is 14.2 Å². The minimum Gasteiger partial charge on any atom is -0.493 e. The third-order valence-electron chi connectivity index (χ3n) is 7.37. The molecule has 2 fully saturated rings. The van der Waals surface area contributed by atoms with E-state index in [0.717, 1.165) is 41.8 Å². The molecule has 3 aromatic rings. The van der Waals surface area contributed by atoms with Gasteiger partial charge >= 0.3 is 0 Å². The van der Waals surface area contributed by atoms with Crippen LogP contribution in [0.15, 0.2) is 54.1 Å². The van der Waals surface area contributed by atoms with Crippen molar-refractivity contribution in [2.24, 2.45) is 0 Å². The van der Waals surface area contributed by atoms with E-state index in [-0.39, 0.29) is 24.0 Å². The molecule has 8 heteroatoms. The molecule has 0 saturated carbocycles. The summed E-state index contributed by atoms with van der Waals surface area (Å²) in [5, 5.41) is 8.89. The van der Waals surface area contributed by atoms with Gasteiger partial charge in [0.2, 0.25) is 0 Å². The third-order valence-corrected chi connectivity index (χ3v) is 7.37.